The van der Waals surface area contributed by atoms with Gasteiger partial charge in [-0.2, -0.15) is 0 Å². The fourth-order valence-corrected chi connectivity index (χ4v) is 14.1. The van der Waals surface area contributed by atoms with Gasteiger partial charge < -0.3 is 14.0 Å². The Morgan fingerprint density at radius 2 is 1.14 bits per heavy atom. The third kappa shape index (κ3) is 4.90. The van der Waals surface area contributed by atoms with Gasteiger partial charge in [-0.1, -0.05) is 169 Å². The minimum Gasteiger partial charge on any atom is -0.311 e. The first-order valence-electron chi connectivity index (χ1n) is 26.0. The molecule has 71 heavy (non-hydrogen) atoms. The van der Waals surface area contributed by atoms with Crippen molar-refractivity contribution in [1.82, 2.24) is 9.13 Å². The molecule has 4 heteroatoms. The van der Waals surface area contributed by atoms with Crippen molar-refractivity contribution in [1.29, 1.82) is 0 Å². The zero-order chi connectivity index (χ0) is 48.3. The first kappa shape index (κ1) is 38.7. The Hall–Kier alpha value is -8.08. The number of anilines is 3. The van der Waals surface area contributed by atoms with Crippen molar-refractivity contribution in [2.75, 3.05) is 4.90 Å². The Bertz CT molecular complexity index is 4450. The molecule has 0 spiro atoms. The predicted octanol–water partition coefficient (Wildman–Crippen LogP) is 15.8. The van der Waals surface area contributed by atoms with Gasteiger partial charge >= 0.3 is 0 Å². The molecule has 4 heterocycles. The molecule has 0 unspecified atom stereocenters. The largest absolute Gasteiger partial charge is 0.311 e. The minimum atomic E-state index is -0.797. The molecular formula is C67H50BN3. The van der Waals surface area contributed by atoms with Crippen LogP contribution in [0.15, 0.2) is 182 Å². The zero-order valence-electron chi connectivity index (χ0n) is 41.8. The number of para-hydroxylation sites is 1. The molecule has 0 amide bonds. The summed E-state index contributed by atoms with van der Waals surface area (Å²) >= 11 is 0. The number of aromatic nitrogens is 2. The fraction of sp³-hybridized carbons (Fsp3) is 0.134. The molecule has 2 aromatic heterocycles. The Labute approximate surface area is 415 Å². The van der Waals surface area contributed by atoms with E-state index >= 15 is 0 Å². The summed E-state index contributed by atoms with van der Waals surface area (Å²) in [6, 6.07) is 69.4. The van der Waals surface area contributed by atoms with Crippen LogP contribution in [0.2, 0.25) is 0 Å². The number of nitrogens with zero attached hydrogens (tertiary/aromatic N) is 3. The standard InChI is InChI=1S/C67H50BN3/c1-37(2)40-27-29-54-50(32-40)62-64-49(46-21-12-13-24-51(46)67(64,5)6)36-53-66(62)71(54)59-35-43(34-58-65(59)68(53)52-33-41(38(3)4)28-30-55(52)69(58)42-17-8-7-9-18-42)70-56-25-15-23-48-45-20-11-10-19-44(45)47-22-14-16-39-26-31-57(70)63(60(39)47)61(48)56/h7-38H,1-6H3/i38D. The van der Waals surface area contributed by atoms with Gasteiger partial charge in [-0.15, -0.1) is 0 Å². The van der Waals surface area contributed by atoms with Gasteiger partial charge in [0.2, 0.25) is 0 Å². The van der Waals surface area contributed by atoms with Crippen LogP contribution < -0.4 is 21.3 Å². The van der Waals surface area contributed by atoms with E-state index in [1.54, 1.807) is 0 Å². The lowest BCUT2D eigenvalue weighted by atomic mass is 9.33. The molecular weight excluding hydrogens is 858 g/mol. The fourth-order valence-electron chi connectivity index (χ4n) is 14.1. The molecule has 2 aliphatic carbocycles. The Morgan fingerprint density at radius 3 is 1.93 bits per heavy atom. The third-order valence-corrected chi connectivity index (χ3v) is 17.2. The second kappa shape index (κ2) is 13.6. The summed E-state index contributed by atoms with van der Waals surface area (Å²) in [4.78, 5) is 2.53. The molecule has 0 radical (unpaired) electrons. The first-order valence-corrected chi connectivity index (χ1v) is 25.5. The summed E-state index contributed by atoms with van der Waals surface area (Å²) in [6.45, 7) is 13.5. The topological polar surface area (TPSA) is 13.1 Å². The zero-order valence-corrected chi connectivity index (χ0v) is 40.8. The maximum Gasteiger partial charge on any atom is 0.252 e. The molecule has 336 valence electrons. The summed E-state index contributed by atoms with van der Waals surface area (Å²) < 4.78 is 14.7. The number of hydrogen-bond donors (Lipinski definition) is 0. The van der Waals surface area contributed by atoms with Gasteiger partial charge in [0.25, 0.3) is 6.71 Å². The van der Waals surface area contributed by atoms with E-state index in [1.807, 2.05) is 13.8 Å². The summed E-state index contributed by atoms with van der Waals surface area (Å²) in [5.74, 6) is -0.428. The Balaban J connectivity index is 1.11. The number of fused-ring (bicyclic) bond motifs is 14. The van der Waals surface area contributed by atoms with Crippen LogP contribution in [0.5, 0.6) is 0 Å². The SMILES string of the molecule is [2H]C(C)(C)c1ccc2c(c1)B1c3c(cc(-n4c5cccc6c5c5c7c(cccc7ccc54)-c4ccccc4-6)cc3-n3c4ccc(C(C)C)cc4c4c5c(cc1c43)-c1ccccc1C5(C)C)N2c1ccccc1. The first-order chi connectivity index (χ1) is 35.0. The van der Waals surface area contributed by atoms with Crippen LogP contribution in [0.3, 0.4) is 0 Å². The van der Waals surface area contributed by atoms with Crippen LogP contribution in [-0.2, 0) is 5.41 Å². The summed E-state index contributed by atoms with van der Waals surface area (Å²) in [5.41, 5.74) is 27.3. The smallest absolute Gasteiger partial charge is 0.252 e. The summed E-state index contributed by atoms with van der Waals surface area (Å²) in [5, 5.41) is 7.86. The van der Waals surface area contributed by atoms with Crippen LogP contribution in [0.4, 0.5) is 17.1 Å². The highest BCUT2D eigenvalue weighted by atomic mass is 15.2. The molecule has 3 nitrogen and oxygen atoms in total. The van der Waals surface area contributed by atoms with Crippen LogP contribution >= 0.6 is 0 Å². The highest BCUT2D eigenvalue weighted by Crippen LogP contribution is 2.55. The van der Waals surface area contributed by atoms with Gasteiger partial charge in [-0.25, -0.2) is 0 Å². The third-order valence-electron chi connectivity index (χ3n) is 17.2. The van der Waals surface area contributed by atoms with E-state index in [9.17, 15) is 1.37 Å². The second-order valence-corrected chi connectivity index (χ2v) is 21.8. The minimum absolute atomic E-state index is 0.107. The lowest BCUT2D eigenvalue weighted by Crippen LogP contribution is -2.60. The van der Waals surface area contributed by atoms with E-state index in [-0.39, 0.29) is 12.1 Å². The van der Waals surface area contributed by atoms with Crippen LogP contribution in [0.25, 0.3) is 99.1 Å². The van der Waals surface area contributed by atoms with E-state index in [4.69, 9.17) is 0 Å². The van der Waals surface area contributed by atoms with E-state index in [0.29, 0.717) is 5.92 Å². The van der Waals surface area contributed by atoms with E-state index in [1.165, 1.54) is 132 Å². The van der Waals surface area contributed by atoms with Crippen molar-refractivity contribution in [2.24, 2.45) is 0 Å². The predicted molar refractivity (Wildman–Crippen MR) is 302 cm³/mol. The van der Waals surface area contributed by atoms with Gasteiger partial charge in [0, 0.05) is 56.6 Å². The molecule has 0 saturated carbocycles. The van der Waals surface area contributed by atoms with E-state index < -0.39 is 5.89 Å². The van der Waals surface area contributed by atoms with Gasteiger partial charge in [0.05, 0.1) is 22.2 Å². The highest BCUT2D eigenvalue weighted by molar-refractivity contribution is 7.00. The average molecular weight is 909 g/mol. The molecule has 0 atom stereocenters. The van der Waals surface area contributed by atoms with Crippen molar-refractivity contribution in [2.45, 2.75) is 58.8 Å². The van der Waals surface area contributed by atoms with Crippen LogP contribution in [0, 0.1) is 0 Å². The monoisotopic (exact) mass is 908 g/mol. The molecule has 4 aliphatic rings. The number of rotatable bonds is 4. The van der Waals surface area contributed by atoms with Gasteiger partial charge in [0.15, 0.2) is 0 Å². The highest BCUT2D eigenvalue weighted by Gasteiger charge is 2.46. The van der Waals surface area contributed by atoms with Crippen molar-refractivity contribution < 1.29 is 1.37 Å². The van der Waals surface area contributed by atoms with Crippen molar-refractivity contribution in [3.05, 3.63) is 204 Å². The molecule has 0 N–H and O–H groups in total. The number of hydrogen-bond acceptors (Lipinski definition) is 1. The van der Waals surface area contributed by atoms with Gasteiger partial charge in [-0.05, 0) is 149 Å². The Kier molecular flexibility index (Phi) is 7.43. The quantitative estimate of drug-likeness (QED) is 0.160. The van der Waals surface area contributed by atoms with Gasteiger partial charge in [-0.3, -0.25) is 0 Å². The molecule has 0 bridgehead atoms. The molecule has 12 aromatic rings. The van der Waals surface area contributed by atoms with Crippen molar-refractivity contribution >= 4 is 94.5 Å². The maximum atomic E-state index is 9.46. The van der Waals surface area contributed by atoms with Crippen LogP contribution in [-0.4, -0.2) is 15.8 Å². The summed E-state index contributed by atoms with van der Waals surface area (Å²) in [7, 11) is 0. The molecule has 10 aromatic carbocycles. The average Bonchev–Trinajstić information content (AvgIpc) is 3.97. The molecule has 2 aliphatic heterocycles. The normalized spacial score (nSPS) is 14.7. The molecule has 16 rings (SSSR count). The Morgan fingerprint density at radius 1 is 0.465 bits per heavy atom. The van der Waals surface area contributed by atoms with Crippen molar-refractivity contribution in [3.63, 3.8) is 0 Å². The number of benzene rings is 10. The lowest BCUT2D eigenvalue weighted by molar-refractivity contribution is 0.666. The molecule has 0 fully saturated rings. The maximum absolute atomic E-state index is 9.46. The molecule has 0 saturated heterocycles. The summed E-state index contributed by atoms with van der Waals surface area (Å²) in [6.07, 6.45) is 0. The van der Waals surface area contributed by atoms with Crippen molar-refractivity contribution in [3.8, 4) is 44.8 Å². The van der Waals surface area contributed by atoms with E-state index in [0.717, 1.165) is 22.6 Å². The van der Waals surface area contributed by atoms with Gasteiger partial charge in [0.1, 0.15) is 0 Å². The lowest BCUT2D eigenvalue weighted by Gasteiger charge is -2.41. The van der Waals surface area contributed by atoms with E-state index in [2.05, 4.69) is 224 Å². The second-order valence-electron chi connectivity index (χ2n) is 21.8. The van der Waals surface area contributed by atoms with Crippen LogP contribution in [0.1, 0.15) is 77.0 Å².